The quantitative estimate of drug-likeness (QED) is 0.700. The molecule has 2 aromatic rings. The lowest BCUT2D eigenvalue weighted by molar-refractivity contribution is -0.122. The third kappa shape index (κ3) is 5.65. The minimum atomic E-state index is -3.68. The highest BCUT2D eigenvalue weighted by atomic mass is 35.5. The molecule has 0 spiro atoms. The molecule has 0 unspecified atom stereocenters. The maximum Gasteiger partial charge on any atom is 0.243 e. The molecule has 30 heavy (non-hydrogen) atoms. The lowest BCUT2D eigenvalue weighted by Crippen LogP contribution is -2.47. The second-order valence-electron chi connectivity index (χ2n) is 7.20. The van der Waals surface area contributed by atoms with Gasteiger partial charge < -0.3 is 15.0 Å². The van der Waals surface area contributed by atoms with E-state index in [2.05, 4.69) is 10.2 Å². The lowest BCUT2D eigenvalue weighted by Gasteiger charge is -2.29. The molecule has 1 heterocycles. The molecule has 0 bridgehead atoms. The normalized spacial score (nSPS) is 15.5. The van der Waals surface area contributed by atoms with Crippen LogP contribution in [0.4, 0.5) is 11.4 Å². The number of ether oxygens (including phenoxy) is 1. The molecule has 0 aliphatic carbocycles. The molecule has 1 aliphatic heterocycles. The van der Waals surface area contributed by atoms with Gasteiger partial charge in [0, 0.05) is 30.3 Å². The summed E-state index contributed by atoms with van der Waals surface area (Å²) >= 11 is 6.00. The third-order valence-corrected chi connectivity index (χ3v) is 6.41. The van der Waals surface area contributed by atoms with Crippen molar-refractivity contribution in [3.8, 4) is 0 Å². The van der Waals surface area contributed by atoms with Crippen molar-refractivity contribution in [3.63, 3.8) is 0 Å². The van der Waals surface area contributed by atoms with Crippen LogP contribution in [-0.4, -0.2) is 52.9 Å². The Bertz CT molecular complexity index is 976. The van der Waals surface area contributed by atoms with Gasteiger partial charge in [0.2, 0.25) is 15.9 Å². The van der Waals surface area contributed by atoms with Crippen LogP contribution >= 0.6 is 11.6 Å². The van der Waals surface area contributed by atoms with E-state index in [0.29, 0.717) is 17.3 Å². The smallest absolute Gasteiger partial charge is 0.243 e. The van der Waals surface area contributed by atoms with Crippen molar-refractivity contribution in [1.29, 1.82) is 0 Å². The predicted molar refractivity (Wildman–Crippen MR) is 120 cm³/mol. The van der Waals surface area contributed by atoms with Gasteiger partial charge in [-0.05, 0) is 42.8 Å². The van der Waals surface area contributed by atoms with Crippen molar-refractivity contribution in [2.45, 2.75) is 19.5 Å². The van der Waals surface area contributed by atoms with Crippen molar-refractivity contribution < 1.29 is 17.9 Å². The van der Waals surface area contributed by atoms with E-state index in [9.17, 15) is 13.2 Å². The number of rotatable bonds is 7. The van der Waals surface area contributed by atoms with E-state index in [-0.39, 0.29) is 0 Å². The van der Waals surface area contributed by atoms with Crippen LogP contribution in [0.1, 0.15) is 12.5 Å². The Hall–Kier alpha value is -2.29. The topological polar surface area (TPSA) is 79.0 Å². The van der Waals surface area contributed by atoms with Gasteiger partial charge in [0.25, 0.3) is 0 Å². The maximum atomic E-state index is 12.7. The summed E-state index contributed by atoms with van der Waals surface area (Å²) in [5.41, 5.74) is 2.40. The number of morpholine rings is 1. The minimum absolute atomic E-state index is 0.305. The van der Waals surface area contributed by atoms with Crippen LogP contribution in [0, 0.1) is 0 Å². The van der Waals surface area contributed by atoms with E-state index in [4.69, 9.17) is 16.3 Å². The van der Waals surface area contributed by atoms with Gasteiger partial charge in [0.1, 0.15) is 6.04 Å². The molecule has 1 fully saturated rings. The fourth-order valence-electron chi connectivity index (χ4n) is 3.41. The third-order valence-electron chi connectivity index (χ3n) is 4.93. The fraction of sp³-hybridized carbons (Fsp3) is 0.381. The molecule has 1 atom stereocenters. The van der Waals surface area contributed by atoms with Crippen molar-refractivity contribution >= 4 is 38.9 Å². The zero-order chi connectivity index (χ0) is 21.7. The largest absolute Gasteiger partial charge is 0.378 e. The summed E-state index contributed by atoms with van der Waals surface area (Å²) in [6, 6.07) is 13.5. The first-order valence-electron chi connectivity index (χ1n) is 9.70. The summed E-state index contributed by atoms with van der Waals surface area (Å²) in [4.78, 5) is 15.0. The summed E-state index contributed by atoms with van der Waals surface area (Å²) < 4.78 is 31.1. The molecule has 0 saturated carbocycles. The monoisotopic (exact) mass is 451 g/mol. The van der Waals surface area contributed by atoms with Crippen LogP contribution < -0.4 is 14.5 Å². The molecular weight excluding hydrogens is 426 g/mol. The summed E-state index contributed by atoms with van der Waals surface area (Å²) in [5.74, 6) is -0.391. The SMILES string of the molecule is C[C@H](C(=O)NCc1ccc(N2CCOCC2)cc1)N(c1cccc(Cl)c1)S(C)(=O)=O. The number of carbonyl (C=O) groups is 1. The van der Waals surface area contributed by atoms with Gasteiger partial charge in [-0.25, -0.2) is 8.42 Å². The van der Waals surface area contributed by atoms with E-state index in [1.165, 1.54) is 6.07 Å². The molecule has 2 aromatic carbocycles. The van der Waals surface area contributed by atoms with E-state index in [1.807, 2.05) is 24.3 Å². The Kier molecular flexibility index (Phi) is 7.23. The number of benzene rings is 2. The van der Waals surface area contributed by atoms with E-state index in [1.54, 1.807) is 25.1 Å². The molecular formula is C21H26ClN3O4S. The standard InChI is InChI=1S/C21H26ClN3O4S/c1-16(25(30(2,27)28)20-5-3-4-18(22)14-20)21(26)23-15-17-6-8-19(9-7-17)24-10-12-29-13-11-24/h3-9,14,16H,10-13,15H2,1-2H3,(H,23,26)/t16-/m1/s1. The highest BCUT2D eigenvalue weighted by molar-refractivity contribution is 7.92. The van der Waals surface area contributed by atoms with Gasteiger partial charge in [-0.1, -0.05) is 29.8 Å². The van der Waals surface area contributed by atoms with E-state index >= 15 is 0 Å². The summed E-state index contributed by atoms with van der Waals surface area (Å²) in [6.45, 7) is 5.02. The van der Waals surface area contributed by atoms with Gasteiger partial charge in [-0.15, -0.1) is 0 Å². The van der Waals surface area contributed by atoms with Gasteiger partial charge in [0.05, 0.1) is 25.2 Å². The van der Waals surface area contributed by atoms with E-state index in [0.717, 1.165) is 48.1 Å². The van der Waals surface area contributed by atoms with E-state index < -0.39 is 22.0 Å². The van der Waals surface area contributed by atoms with Gasteiger partial charge >= 0.3 is 0 Å². The second kappa shape index (κ2) is 9.68. The molecule has 1 N–H and O–H groups in total. The van der Waals surface area contributed by atoms with Crippen LogP contribution in [0.25, 0.3) is 0 Å². The van der Waals surface area contributed by atoms with Crippen LogP contribution in [-0.2, 0) is 26.1 Å². The van der Waals surface area contributed by atoms with Crippen LogP contribution in [0.2, 0.25) is 5.02 Å². The molecule has 7 nitrogen and oxygen atoms in total. The zero-order valence-corrected chi connectivity index (χ0v) is 18.6. The van der Waals surface area contributed by atoms with Crippen molar-refractivity contribution in [2.24, 2.45) is 0 Å². The highest BCUT2D eigenvalue weighted by Gasteiger charge is 2.29. The van der Waals surface area contributed by atoms with Gasteiger partial charge in [-0.3, -0.25) is 9.10 Å². The van der Waals surface area contributed by atoms with Crippen LogP contribution in [0.5, 0.6) is 0 Å². The lowest BCUT2D eigenvalue weighted by atomic mass is 10.1. The number of hydrogen-bond donors (Lipinski definition) is 1. The Morgan fingerprint density at radius 3 is 2.47 bits per heavy atom. The van der Waals surface area contributed by atoms with Crippen molar-refractivity contribution in [1.82, 2.24) is 5.32 Å². The number of carbonyl (C=O) groups excluding carboxylic acids is 1. The number of halogens is 1. The minimum Gasteiger partial charge on any atom is -0.378 e. The molecule has 9 heteroatoms. The average molecular weight is 452 g/mol. The number of sulfonamides is 1. The number of nitrogens with zero attached hydrogens (tertiary/aromatic N) is 2. The molecule has 162 valence electrons. The Balaban J connectivity index is 1.65. The number of amides is 1. The Morgan fingerprint density at radius 2 is 1.87 bits per heavy atom. The first-order chi connectivity index (χ1) is 14.3. The van der Waals surface area contributed by atoms with Gasteiger partial charge in [0.15, 0.2) is 0 Å². The number of nitrogens with one attached hydrogen (secondary N) is 1. The van der Waals surface area contributed by atoms with Gasteiger partial charge in [-0.2, -0.15) is 0 Å². The highest BCUT2D eigenvalue weighted by Crippen LogP contribution is 2.24. The zero-order valence-electron chi connectivity index (χ0n) is 17.0. The van der Waals surface area contributed by atoms with Crippen LogP contribution in [0.15, 0.2) is 48.5 Å². The molecule has 0 aromatic heterocycles. The Morgan fingerprint density at radius 1 is 1.20 bits per heavy atom. The van der Waals surface area contributed by atoms with Crippen LogP contribution in [0.3, 0.4) is 0 Å². The maximum absolute atomic E-state index is 12.7. The summed E-state index contributed by atoms with van der Waals surface area (Å²) in [7, 11) is -3.68. The van der Waals surface area contributed by atoms with Crippen molar-refractivity contribution in [3.05, 3.63) is 59.1 Å². The molecule has 0 radical (unpaired) electrons. The first kappa shape index (κ1) is 22.4. The number of anilines is 2. The summed E-state index contributed by atoms with van der Waals surface area (Å²) in [5, 5.41) is 3.22. The molecule has 1 saturated heterocycles. The Labute approximate surface area is 182 Å². The van der Waals surface area contributed by atoms with Crippen molar-refractivity contribution in [2.75, 3.05) is 41.8 Å². The predicted octanol–water partition coefficient (Wildman–Crippen LogP) is 2.65. The summed E-state index contributed by atoms with van der Waals surface area (Å²) in [6.07, 6.45) is 1.07. The molecule has 1 aliphatic rings. The average Bonchev–Trinajstić information content (AvgIpc) is 2.72. The fourth-order valence-corrected chi connectivity index (χ4v) is 4.76. The molecule has 3 rings (SSSR count). The number of hydrogen-bond acceptors (Lipinski definition) is 5. The first-order valence-corrected chi connectivity index (χ1v) is 11.9. The molecule has 1 amide bonds. The second-order valence-corrected chi connectivity index (χ2v) is 9.49.